The molecule has 3 heteroatoms. The molecule has 3 saturated carbocycles. The average Bonchev–Trinajstić information content (AvgIpc) is 2.91. The molecule has 0 radical (unpaired) electrons. The molecule has 0 spiro atoms. The van der Waals surface area contributed by atoms with E-state index in [1.54, 1.807) is 0 Å². The van der Waals surface area contributed by atoms with Crippen LogP contribution >= 0.6 is 0 Å². The highest BCUT2D eigenvalue weighted by atomic mass is 16.3. The highest BCUT2D eigenvalue weighted by molar-refractivity contribution is 5.21. The van der Waals surface area contributed by atoms with Crippen LogP contribution in [0.4, 0.5) is 0 Å². The first-order valence-electron chi connectivity index (χ1n) is 7.75. The molecule has 4 aliphatic rings. The van der Waals surface area contributed by atoms with Crippen LogP contribution in [0, 0.1) is 29.6 Å². The van der Waals surface area contributed by atoms with Gasteiger partial charge in [0.05, 0.1) is 12.2 Å². The van der Waals surface area contributed by atoms with Crippen LogP contribution in [-0.2, 0) is 0 Å². The van der Waals surface area contributed by atoms with Gasteiger partial charge >= 0.3 is 0 Å². The summed E-state index contributed by atoms with van der Waals surface area (Å²) in [4.78, 5) is 2.50. The normalized spacial score (nSPS) is 58.7. The second-order valence-electron chi connectivity index (χ2n) is 7.29. The Balaban J connectivity index is 1.67. The van der Waals surface area contributed by atoms with E-state index < -0.39 is 0 Å². The van der Waals surface area contributed by atoms with E-state index in [1.807, 2.05) is 0 Å². The SMILES string of the molecule is CC[C@H](C)CN1[C@H]2[C@@H](O)[C@@H]3C[C@H]2[C@H]2[C@H](O)[C@@H]1C[C@H]32. The summed E-state index contributed by atoms with van der Waals surface area (Å²) in [5.41, 5.74) is 0. The van der Waals surface area contributed by atoms with E-state index in [-0.39, 0.29) is 12.2 Å². The van der Waals surface area contributed by atoms with Crippen LogP contribution in [0.1, 0.15) is 33.1 Å². The van der Waals surface area contributed by atoms with Gasteiger partial charge in [-0.05, 0) is 42.4 Å². The zero-order valence-corrected chi connectivity index (χ0v) is 11.4. The van der Waals surface area contributed by atoms with Gasteiger partial charge in [0.1, 0.15) is 0 Å². The van der Waals surface area contributed by atoms with Gasteiger partial charge in [-0.15, -0.1) is 0 Å². The summed E-state index contributed by atoms with van der Waals surface area (Å²) in [5.74, 6) is 2.86. The highest BCUT2D eigenvalue weighted by Gasteiger charge is 2.69. The lowest BCUT2D eigenvalue weighted by atomic mass is 9.75. The number of nitrogens with zero attached hydrogens (tertiary/aromatic N) is 1. The highest BCUT2D eigenvalue weighted by Crippen LogP contribution is 2.64. The largest absolute Gasteiger partial charge is 0.391 e. The van der Waals surface area contributed by atoms with Crippen molar-refractivity contribution in [2.45, 2.75) is 57.4 Å². The fraction of sp³-hybridized carbons (Fsp3) is 1.00. The summed E-state index contributed by atoms with van der Waals surface area (Å²) in [5, 5.41) is 21.1. The van der Waals surface area contributed by atoms with E-state index >= 15 is 0 Å². The maximum atomic E-state index is 10.5. The summed E-state index contributed by atoms with van der Waals surface area (Å²) in [6.07, 6.45) is 3.26. The molecule has 1 aliphatic heterocycles. The minimum atomic E-state index is -0.113. The Hall–Kier alpha value is -0.120. The first kappa shape index (κ1) is 11.7. The molecule has 0 aromatic rings. The van der Waals surface area contributed by atoms with Gasteiger partial charge in [-0.25, -0.2) is 0 Å². The van der Waals surface area contributed by atoms with E-state index in [1.165, 1.54) is 12.8 Å². The molecule has 1 heterocycles. The lowest BCUT2D eigenvalue weighted by molar-refractivity contribution is -0.102. The van der Waals surface area contributed by atoms with Crippen LogP contribution < -0.4 is 0 Å². The van der Waals surface area contributed by atoms with Crippen LogP contribution in [0.25, 0.3) is 0 Å². The van der Waals surface area contributed by atoms with Gasteiger partial charge in [0.25, 0.3) is 0 Å². The van der Waals surface area contributed by atoms with Crippen LogP contribution in [0.5, 0.6) is 0 Å². The molecule has 0 amide bonds. The van der Waals surface area contributed by atoms with Crippen molar-refractivity contribution < 1.29 is 10.2 Å². The van der Waals surface area contributed by atoms with Crippen molar-refractivity contribution >= 4 is 0 Å². The zero-order chi connectivity index (χ0) is 12.6. The number of aliphatic hydroxyl groups excluding tert-OH is 2. The Morgan fingerprint density at radius 3 is 2.61 bits per heavy atom. The second-order valence-corrected chi connectivity index (χ2v) is 7.29. The van der Waals surface area contributed by atoms with Crippen LogP contribution in [0.2, 0.25) is 0 Å². The standard InChI is InChI=1S/C15H25NO2/c1-3-7(2)6-16-11-5-8-9-4-10(12(8)15(11)18)13(16)14(9)17/h7-15,17-18H,3-6H2,1-2H3/t7-,8+,9+,10-,11-,12-,13+,14-,15+/m0/s1. The molecule has 18 heavy (non-hydrogen) atoms. The third-order valence-corrected chi connectivity index (χ3v) is 6.64. The van der Waals surface area contributed by atoms with E-state index in [2.05, 4.69) is 18.7 Å². The number of hydrogen-bond acceptors (Lipinski definition) is 3. The fourth-order valence-electron chi connectivity index (χ4n) is 5.77. The van der Waals surface area contributed by atoms with Crippen molar-refractivity contribution in [3.63, 3.8) is 0 Å². The summed E-state index contributed by atoms with van der Waals surface area (Å²) in [6, 6.07) is 0.705. The van der Waals surface area contributed by atoms with Crippen molar-refractivity contribution in [2.24, 2.45) is 29.6 Å². The van der Waals surface area contributed by atoms with Gasteiger partial charge in [0.15, 0.2) is 0 Å². The molecule has 3 aliphatic carbocycles. The zero-order valence-electron chi connectivity index (χ0n) is 11.4. The Kier molecular flexibility index (Phi) is 2.41. The molecular formula is C15H25NO2. The number of piperidine rings is 1. The second kappa shape index (κ2) is 3.71. The van der Waals surface area contributed by atoms with Gasteiger partial charge in [-0.3, -0.25) is 4.90 Å². The average molecular weight is 251 g/mol. The van der Waals surface area contributed by atoms with Crippen molar-refractivity contribution in [1.29, 1.82) is 0 Å². The third-order valence-electron chi connectivity index (χ3n) is 6.64. The maximum Gasteiger partial charge on any atom is 0.0729 e. The lowest BCUT2D eigenvalue weighted by Gasteiger charge is -2.49. The van der Waals surface area contributed by atoms with Crippen LogP contribution in [-0.4, -0.2) is 45.9 Å². The molecule has 4 bridgehead atoms. The third kappa shape index (κ3) is 1.21. The molecule has 3 nitrogen and oxygen atoms in total. The molecule has 0 unspecified atom stereocenters. The molecule has 2 N–H and O–H groups in total. The molecule has 0 aromatic heterocycles. The smallest absolute Gasteiger partial charge is 0.0729 e. The van der Waals surface area contributed by atoms with E-state index in [0.29, 0.717) is 41.7 Å². The molecule has 0 aromatic carbocycles. The van der Waals surface area contributed by atoms with E-state index in [4.69, 9.17) is 0 Å². The summed E-state index contributed by atoms with van der Waals surface area (Å²) in [6.45, 7) is 5.58. The predicted molar refractivity (Wildman–Crippen MR) is 68.9 cm³/mol. The fourth-order valence-corrected chi connectivity index (χ4v) is 5.77. The minimum Gasteiger partial charge on any atom is -0.391 e. The quantitative estimate of drug-likeness (QED) is 0.789. The number of hydrogen-bond donors (Lipinski definition) is 2. The number of likely N-dealkylation sites (tertiary alicyclic amines) is 1. The van der Waals surface area contributed by atoms with Gasteiger partial charge in [0.2, 0.25) is 0 Å². The lowest BCUT2D eigenvalue weighted by Crippen LogP contribution is -2.61. The summed E-state index contributed by atoms with van der Waals surface area (Å²) >= 11 is 0. The van der Waals surface area contributed by atoms with Crippen LogP contribution in [0.3, 0.4) is 0 Å². The van der Waals surface area contributed by atoms with Crippen molar-refractivity contribution in [3.8, 4) is 0 Å². The first-order chi connectivity index (χ1) is 8.63. The molecule has 4 fully saturated rings. The molecule has 9 atom stereocenters. The predicted octanol–water partition coefficient (Wildman–Crippen LogP) is 1.09. The molecule has 1 saturated heterocycles. The van der Waals surface area contributed by atoms with Crippen molar-refractivity contribution in [1.82, 2.24) is 4.90 Å². The maximum absolute atomic E-state index is 10.5. The number of fused-ring (bicyclic) bond motifs is 3. The van der Waals surface area contributed by atoms with Crippen molar-refractivity contribution in [2.75, 3.05) is 6.54 Å². The summed E-state index contributed by atoms with van der Waals surface area (Å²) in [7, 11) is 0. The first-order valence-corrected chi connectivity index (χ1v) is 7.75. The Morgan fingerprint density at radius 2 is 1.89 bits per heavy atom. The minimum absolute atomic E-state index is 0.113. The van der Waals surface area contributed by atoms with E-state index in [9.17, 15) is 10.2 Å². The molecule has 102 valence electrons. The Labute approximate surface area is 109 Å². The van der Waals surface area contributed by atoms with Gasteiger partial charge in [-0.2, -0.15) is 0 Å². The Morgan fingerprint density at radius 1 is 1.11 bits per heavy atom. The van der Waals surface area contributed by atoms with E-state index in [0.717, 1.165) is 13.0 Å². The molecule has 4 rings (SSSR count). The van der Waals surface area contributed by atoms with Crippen LogP contribution in [0.15, 0.2) is 0 Å². The van der Waals surface area contributed by atoms with Gasteiger partial charge in [-0.1, -0.05) is 20.3 Å². The monoisotopic (exact) mass is 251 g/mol. The summed E-state index contributed by atoms with van der Waals surface area (Å²) < 4.78 is 0. The topological polar surface area (TPSA) is 43.7 Å². The van der Waals surface area contributed by atoms with Crippen molar-refractivity contribution in [3.05, 3.63) is 0 Å². The Bertz CT molecular complexity index is 360. The van der Waals surface area contributed by atoms with Gasteiger partial charge in [0, 0.05) is 18.6 Å². The number of aliphatic hydroxyl groups is 2. The number of rotatable bonds is 3. The molecular weight excluding hydrogens is 226 g/mol. The van der Waals surface area contributed by atoms with Gasteiger partial charge < -0.3 is 10.2 Å².